The van der Waals surface area contributed by atoms with Crippen LogP contribution in [0.4, 0.5) is 0 Å². The van der Waals surface area contributed by atoms with E-state index in [1.165, 1.54) is 0 Å². The molecule has 2 aliphatic rings. The normalized spacial score (nSPS) is 32.8. The second kappa shape index (κ2) is 4.78. The lowest BCUT2D eigenvalue weighted by molar-refractivity contribution is -0.160. The summed E-state index contributed by atoms with van der Waals surface area (Å²) in [6.07, 6.45) is 1.71. The predicted molar refractivity (Wildman–Crippen MR) is 78.8 cm³/mol. The van der Waals surface area contributed by atoms with Gasteiger partial charge in [-0.25, -0.2) is 0 Å². The molecule has 4 heteroatoms. The highest BCUT2D eigenvalue weighted by Crippen LogP contribution is 2.43. The molecule has 0 amide bonds. The van der Waals surface area contributed by atoms with Crippen LogP contribution in [0.2, 0.25) is 0 Å². The fraction of sp³-hybridized carbons (Fsp3) is 0.500. The number of ketones is 2. The lowest BCUT2D eigenvalue weighted by atomic mass is 9.79. The number of rotatable bonds is 2. The van der Waals surface area contributed by atoms with E-state index in [0.717, 1.165) is 22.0 Å². The van der Waals surface area contributed by atoms with Gasteiger partial charge in [0.15, 0.2) is 11.6 Å². The molecule has 20 heavy (non-hydrogen) atoms. The number of fused-ring (bicyclic) bond motifs is 2. The lowest BCUT2D eigenvalue weighted by Crippen LogP contribution is -2.49. The van der Waals surface area contributed by atoms with Gasteiger partial charge in [-0.1, -0.05) is 28.9 Å². The fourth-order valence-corrected chi connectivity index (χ4v) is 3.71. The van der Waals surface area contributed by atoms with Crippen LogP contribution in [0, 0.1) is 0 Å². The minimum Gasteiger partial charge on any atom is -0.356 e. The Labute approximate surface area is 126 Å². The largest absolute Gasteiger partial charge is 0.356 e. The van der Waals surface area contributed by atoms with Crippen molar-refractivity contribution in [2.24, 2.45) is 0 Å². The number of benzene rings is 1. The summed E-state index contributed by atoms with van der Waals surface area (Å²) in [6.45, 7) is 3.86. The van der Waals surface area contributed by atoms with E-state index < -0.39 is 17.6 Å². The van der Waals surface area contributed by atoms with E-state index in [2.05, 4.69) is 15.9 Å². The van der Waals surface area contributed by atoms with Crippen molar-refractivity contribution < 1.29 is 14.3 Å². The summed E-state index contributed by atoms with van der Waals surface area (Å²) in [6, 6.07) is 5.79. The lowest BCUT2D eigenvalue weighted by Gasteiger charge is -2.33. The van der Waals surface area contributed by atoms with Crippen molar-refractivity contribution in [2.45, 2.75) is 50.7 Å². The molecule has 2 aliphatic heterocycles. The number of hydrogen-bond donors (Lipinski definition) is 0. The Morgan fingerprint density at radius 2 is 2.15 bits per heavy atom. The zero-order valence-electron chi connectivity index (χ0n) is 11.6. The van der Waals surface area contributed by atoms with Crippen LogP contribution < -0.4 is 0 Å². The maximum Gasteiger partial charge on any atom is 0.179 e. The van der Waals surface area contributed by atoms with E-state index in [-0.39, 0.29) is 11.6 Å². The molecule has 1 aromatic carbocycles. The molecular weight excluding hydrogens is 320 g/mol. The first-order valence-corrected chi connectivity index (χ1v) is 7.80. The number of Topliss-reactive ketones (excluding diaryl/α,β-unsaturated/α-hetero) is 2. The van der Waals surface area contributed by atoms with Crippen molar-refractivity contribution in [3.05, 3.63) is 33.8 Å². The van der Waals surface area contributed by atoms with Gasteiger partial charge >= 0.3 is 0 Å². The van der Waals surface area contributed by atoms with Crippen molar-refractivity contribution in [3.63, 3.8) is 0 Å². The van der Waals surface area contributed by atoms with E-state index in [1.807, 2.05) is 32.0 Å². The number of halogens is 1. The quantitative estimate of drug-likeness (QED) is 0.779. The molecule has 0 saturated carbocycles. The van der Waals surface area contributed by atoms with Crippen LogP contribution in [0.15, 0.2) is 22.7 Å². The SMILES string of the molecule is CCc1cc(Br)ccc1C1C(=O)[C@@H]2CC[C@@](C)(O2)C1=O. The Kier molecular flexibility index (Phi) is 3.33. The van der Waals surface area contributed by atoms with Gasteiger partial charge in [0.25, 0.3) is 0 Å². The van der Waals surface area contributed by atoms with Crippen molar-refractivity contribution in [1.29, 1.82) is 0 Å². The van der Waals surface area contributed by atoms with Crippen LogP contribution in [0.3, 0.4) is 0 Å². The predicted octanol–water partition coefficient (Wildman–Crippen LogP) is 3.18. The second-order valence-corrected chi connectivity index (χ2v) is 6.69. The van der Waals surface area contributed by atoms with E-state index in [0.29, 0.717) is 12.8 Å². The van der Waals surface area contributed by atoms with Crippen molar-refractivity contribution in [2.75, 3.05) is 0 Å². The standard InChI is InChI=1S/C16H17BrO3/c1-3-9-8-10(17)4-5-11(9)13-14(18)12-6-7-16(2,20-12)15(13)19/h4-5,8,12-13H,3,6-7H2,1-2H3/t12-,13?,16+/m0/s1. The van der Waals surface area contributed by atoms with Gasteiger partial charge in [0.05, 0.1) is 0 Å². The van der Waals surface area contributed by atoms with Gasteiger partial charge in [-0.3, -0.25) is 9.59 Å². The highest BCUT2D eigenvalue weighted by Gasteiger charge is 2.55. The highest BCUT2D eigenvalue weighted by atomic mass is 79.9. The molecule has 3 rings (SSSR count). The monoisotopic (exact) mass is 336 g/mol. The van der Waals surface area contributed by atoms with Gasteiger partial charge in [-0.05, 0) is 49.4 Å². The Morgan fingerprint density at radius 3 is 2.85 bits per heavy atom. The van der Waals surface area contributed by atoms with E-state index in [9.17, 15) is 9.59 Å². The smallest absolute Gasteiger partial charge is 0.179 e. The summed E-state index contributed by atoms with van der Waals surface area (Å²) < 4.78 is 6.62. The molecule has 2 fully saturated rings. The first-order valence-electron chi connectivity index (χ1n) is 7.00. The van der Waals surface area contributed by atoms with Gasteiger partial charge in [0.2, 0.25) is 0 Å². The van der Waals surface area contributed by atoms with Crippen molar-refractivity contribution in [1.82, 2.24) is 0 Å². The van der Waals surface area contributed by atoms with Crippen LogP contribution in [-0.4, -0.2) is 23.3 Å². The fourth-order valence-electron chi connectivity index (χ4n) is 3.30. The number of ether oxygens (including phenoxy) is 1. The maximum atomic E-state index is 12.7. The summed E-state index contributed by atoms with van der Waals surface area (Å²) >= 11 is 3.44. The topological polar surface area (TPSA) is 43.4 Å². The first-order chi connectivity index (χ1) is 9.46. The number of aryl methyl sites for hydroxylation is 1. The summed E-state index contributed by atoms with van der Waals surface area (Å²) in [5, 5.41) is 0. The maximum absolute atomic E-state index is 12.7. The minimum absolute atomic E-state index is 0.0676. The van der Waals surface area contributed by atoms with Crippen LogP contribution >= 0.6 is 15.9 Å². The van der Waals surface area contributed by atoms with Gasteiger partial charge in [0, 0.05) is 4.47 Å². The highest BCUT2D eigenvalue weighted by molar-refractivity contribution is 9.10. The van der Waals surface area contributed by atoms with Gasteiger partial charge in [-0.2, -0.15) is 0 Å². The molecule has 0 aliphatic carbocycles. The first kappa shape index (κ1) is 14.0. The molecule has 0 aromatic heterocycles. The molecular formula is C16H17BrO3. The van der Waals surface area contributed by atoms with Gasteiger partial charge in [-0.15, -0.1) is 0 Å². The summed E-state index contributed by atoms with van der Waals surface area (Å²) in [4.78, 5) is 25.2. The second-order valence-electron chi connectivity index (χ2n) is 5.77. The molecule has 106 valence electrons. The van der Waals surface area contributed by atoms with E-state index >= 15 is 0 Å². The van der Waals surface area contributed by atoms with E-state index in [1.54, 1.807) is 0 Å². The number of hydrogen-bond acceptors (Lipinski definition) is 3. The van der Waals surface area contributed by atoms with Crippen LogP contribution in [0.5, 0.6) is 0 Å². The molecule has 1 unspecified atom stereocenters. The van der Waals surface area contributed by atoms with Crippen LogP contribution in [-0.2, 0) is 20.7 Å². The number of carbonyl (C=O) groups excluding carboxylic acids is 2. The third-order valence-corrected chi connectivity index (χ3v) is 4.96. The van der Waals surface area contributed by atoms with Gasteiger partial charge in [0.1, 0.15) is 17.6 Å². The Morgan fingerprint density at radius 1 is 1.40 bits per heavy atom. The van der Waals surface area contributed by atoms with Crippen molar-refractivity contribution in [3.8, 4) is 0 Å². The average Bonchev–Trinajstić information content (AvgIpc) is 2.80. The molecule has 3 nitrogen and oxygen atoms in total. The molecule has 2 saturated heterocycles. The summed E-state index contributed by atoms with van der Waals surface area (Å²) in [5.41, 5.74) is 1.13. The molecule has 1 aromatic rings. The third-order valence-electron chi connectivity index (χ3n) is 4.47. The summed E-state index contributed by atoms with van der Waals surface area (Å²) in [7, 11) is 0. The minimum atomic E-state index is -0.776. The zero-order chi connectivity index (χ0) is 14.5. The molecule has 0 N–H and O–H groups in total. The zero-order valence-corrected chi connectivity index (χ0v) is 13.2. The van der Waals surface area contributed by atoms with Crippen LogP contribution in [0.25, 0.3) is 0 Å². The van der Waals surface area contributed by atoms with Gasteiger partial charge < -0.3 is 4.74 Å². The Balaban J connectivity index is 2.09. The van der Waals surface area contributed by atoms with Crippen LogP contribution in [0.1, 0.15) is 43.7 Å². The third kappa shape index (κ3) is 1.97. The molecule has 3 atom stereocenters. The Hall–Kier alpha value is -1.00. The molecule has 0 spiro atoms. The molecule has 0 radical (unpaired) electrons. The van der Waals surface area contributed by atoms with Crippen molar-refractivity contribution >= 4 is 27.5 Å². The van der Waals surface area contributed by atoms with E-state index in [4.69, 9.17) is 4.74 Å². The molecule has 2 bridgehead atoms. The molecule has 2 heterocycles. The average molecular weight is 337 g/mol. The number of carbonyl (C=O) groups is 2. The summed E-state index contributed by atoms with van der Waals surface area (Å²) in [5.74, 6) is -0.792. The Bertz CT molecular complexity index is 595.